The van der Waals surface area contributed by atoms with Crippen molar-refractivity contribution < 1.29 is 4.92 Å². The molecule has 0 radical (unpaired) electrons. The topological polar surface area (TPSA) is 81.0 Å². The third kappa shape index (κ3) is 3.24. The summed E-state index contributed by atoms with van der Waals surface area (Å²) in [5.74, 6) is 0.527. The van der Waals surface area contributed by atoms with E-state index in [1.807, 2.05) is 13.8 Å². The molecule has 7 heteroatoms. The van der Waals surface area contributed by atoms with Crippen molar-refractivity contribution in [1.29, 1.82) is 0 Å². The maximum Gasteiger partial charge on any atom is 0.283 e. The minimum absolute atomic E-state index is 0.0838. The Morgan fingerprint density at radius 1 is 1.40 bits per heavy atom. The van der Waals surface area contributed by atoms with Crippen LogP contribution in [-0.2, 0) is 0 Å². The van der Waals surface area contributed by atoms with Gasteiger partial charge in [0.2, 0.25) is 5.95 Å². The number of nitro benzene ring substituents is 1. The van der Waals surface area contributed by atoms with Gasteiger partial charge in [-0.1, -0.05) is 23.9 Å². The summed E-state index contributed by atoms with van der Waals surface area (Å²) in [6.07, 6.45) is 1.71. The SMILES string of the molecule is CCNc1ncc(C)c(Sc2ccccc2[N+](=O)[O-])n1. The molecular formula is C13H14N4O2S. The molecule has 104 valence electrons. The highest BCUT2D eigenvalue weighted by Gasteiger charge is 2.15. The Morgan fingerprint density at radius 2 is 2.15 bits per heavy atom. The molecule has 0 amide bonds. The number of hydrogen-bond acceptors (Lipinski definition) is 6. The molecule has 2 aromatic rings. The second-order valence-electron chi connectivity index (χ2n) is 4.04. The molecule has 0 saturated heterocycles. The normalized spacial score (nSPS) is 10.3. The Hall–Kier alpha value is -2.15. The van der Waals surface area contributed by atoms with E-state index in [2.05, 4.69) is 15.3 Å². The molecule has 0 unspecified atom stereocenters. The quantitative estimate of drug-likeness (QED) is 0.517. The van der Waals surface area contributed by atoms with Crippen molar-refractivity contribution in [2.45, 2.75) is 23.8 Å². The molecule has 0 aliphatic carbocycles. The number of rotatable bonds is 5. The Bertz CT molecular complexity index is 634. The van der Waals surface area contributed by atoms with Gasteiger partial charge in [-0.15, -0.1) is 0 Å². The van der Waals surface area contributed by atoms with Crippen molar-refractivity contribution in [2.75, 3.05) is 11.9 Å². The number of nitrogens with one attached hydrogen (secondary N) is 1. The highest BCUT2D eigenvalue weighted by atomic mass is 32.2. The first-order valence-electron chi connectivity index (χ1n) is 6.10. The van der Waals surface area contributed by atoms with Crippen LogP contribution in [-0.4, -0.2) is 21.4 Å². The van der Waals surface area contributed by atoms with Crippen molar-refractivity contribution >= 4 is 23.4 Å². The summed E-state index contributed by atoms with van der Waals surface area (Å²) in [6.45, 7) is 4.56. The van der Waals surface area contributed by atoms with E-state index in [1.165, 1.54) is 17.8 Å². The number of benzene rings is 1. The zero-order valence-electron chi connectivity index (χ0n) is 11.2. The lowest BCUT2D eigenvalue weighted by Gasteiger charge is -2.07. The predicted octanol–water partition coefficient (Wildman–Crippen LogP) is 3.28. The van der Waals surface area contributed by atoms with E-state index in [-0.39, 0.29) is 10.6 Å². The fourth-order valence-electron chi connectivity index (χ4n) is 1.57. The lowest BCUT2D eigenvalue weighted by Crippen LogP contribution is -2.03. The van der Waals surface area contributed by atoms with Crippen LogP contribution in [0, 0.1) is 17.0 Å². The van der Waals surface area contributed by atoms with E-state index in [9.17, 15) is 10.1 Å². The van der Waals surface area contributed by atoms with Crippen molar-refractivity contribution in [1.82, 2.24) is 9.97 Å². The molecule has 1 heterocycles. The molecule has 0 bridgehead atoms. The van der Waals surface area contributed by atoms with Gasteiger partial charge in [-0.25, -0.2) is 9.97 Å². The first kappa shape index (κ1) is 14.3. The summed E-state index contributed by atoms with van der Waals surface area (Å²) in [5, 5.41) is 14.8. The summed E-state index contributed by atoms with van der Waals surface area (Å²) in [4.78, 5) is 19.7. The summed E-state index contributed by atoms with van der Waals surface area (Å²) in [5.41, 5.74) is 0.968. The molecule has 20 heavy (non-hydrogen) atoms. The number of aromatic nitrogens is 2. The highest BCUT2D eigenvalue weighted by molar-refractivity contribution is 7.99. The molecule has 6 nitrogen and oxygen atoms in total. The van der Waals surface area contributed by atoms with Crippen molar-refractivity contribution in [2.24, 2.45) is 0 Å². The molecule has 1 aromatic heterocycles. The minimum Gasteiger partial charge on any atom is -0.354 e. The van der Waals surface area contributed by atoms with Crippen LogP contribution in [0.1, 0.15) is 12.5 Å². The smallest absolute Gasteiger partial charge is 0.283 e. The Morgan fingerprint density at radius 3 is 2.85 bits per heavy atom. The van der Waals surface area contributed by atoms with Crippen molar-refractivity contribution in [3.8, 4) is 0 Å². The van der Waals surface area contributed by atoms with E-state index in [0.29, 0.717) is 15.9 Å². The fourth-order valence-corrected chi connectivity index (χ4v) is 2.52. The maximum atomic E-state index is 11.0. The summed E-state index contributed by atoms with van der Waals surface area (Å²) in [6, 6.07) is 6.64. The zero-order valence-corrected chi connectivity index (χ0v) is 12.0. The fraction of sp³-hybridized carbons (Fsp3) is 0.231. The van der Waals surface area contributed by atoms with Gasteiger partial charge in [-0.2, -0.15) is 0 Å². The number of para-hydroxylation sites is 1. The molecule has 0 saturated carbocycles. The van der Waals surface area contributed by atoms with E-state index in [0.717, 1.165) is 12.1 Å². The molecule has 0 spiro atoms. The van der Waals surface area contributed by atoms with Crippen LogP contribution >= 0.6 is 11.8 Å². The second-order valence-corrected chi connectivity index (χ2v) is 5.07. The van der Waals surface area contributed by atoms with Crippen molar-refractivity contribution in [3.05, 3.63) is 46.1 Å². The van der Waals surface area contributed by atoms with Gasteiger partial charge in [0.25, 0.3) is 5.69 Å². The number of anilines is 1. The summed E-state index contributed by atoms with van der Waals surface area (Å²) >= 11 is 1.28. The van der Waals surface area contributed by atoms with E-state index in [4.69, 9.17) is 0 Å². The number of nitrogens with zero attached hydrogens (tertiary/aromatic N) is 3. The highest BCUT2D eigenvalue weighted by Crippen LogP contribution is 2.35. The standard InChI is InChI=1S/C13H14N4O2S/c1-3-14-13-15-8-9(2)12(16-13)20-11-7-5-4-6-10(11)17(18)19/h4-8H,3H2,1-2H3,(H,14,15,16). The van der Waals surface area contributed by atoms with Crippen LogP contribution in [0.25, 0.3) is 0 Å². The average molecular weight is 290 g/mol. The molecular weight excluding hydrogens is 276 g/mol. The van der Waals surface area contributed by atoms with Gasteiger partial charge in [0, 0.05) is 24.4 Å². The predicted molar refractivity (Wildman–Crippen MR) is 78.2 cm³/mol. The van der Waals surface area contributed by atoms with Crippen molar-refractivity contribution in [3.63, 3.8) is 0 Å². The first-order chi connectivity index (χ1) is 9.61. The molecule has 2 rings (SSSR count). The monoisotopic (exact) mass is 290 g/mol. The minimum atomic E-state index is -0.385. The third-order valence-corrected chi connectivity index (χ3v) is 3.70. The van der Waals surface area contributed by atoms with Crippen LogP contribution in [0.2, 0.25) is 0 Å². The lowest BCUT2D eigenvalue weighted by molar-refractivity contribution is -0.387. The van der Waals surface area contributed by atoms with Crippen LogP contribution in [0.5, 0.6) is 0 Å². The number of nitro groups is 1. The van der Waals surface area contributed by atoms with Gasteiger partial charge in [-0.05, 0) is 19.9 Å². The molecule has 0 aliphatic heterocycles. The largest absolute Gasteiger partial charge is 0.354 e. The molecule has 1 aromatic carbocycles. The Balaban J connectivity index is 2.34. The number of aryl methyl sites for hydroxylation is 1. The van der Waals surface area contributed by atoms with E-state index < -0.39 is 0 Å². The van der Waals surface area contributed by atoms with Crippen LogP contribution in [0.15, 0.2) is 40.4 Å². The van der Waals surface area contributed by atoms with E-state index >= 15 is 0 Å². The Labute approximate surface area is 120 Å². The average Bonchev–Trinajstić information content (AvgIpc) is 2.43. The molecule has 0 fully saturated rings. The van der Waals surface area contributed by atoms with Gasteiger partial charge < -0.3 is 5.32 Å². The van der Waals surface area contributed by atoms with Crippen LogP contribution in [0.3, 0.4) is 0 Å². The summed E-state index contributed by atoms with van der Waals surface area (Å²) < 4.78 is 0. The van der Waals surface area contributed by atoms with Gasteiger partial charge in [0.15, 0.2) is 0 Å². The zero-order chi connectivity index (χ0) is 14.5. The summed E-state index contributed by atoms with van der Waals surface area (Å²) in [7, 11) is 0. The molecule has 1 N–H and O–H groups in total. The van der Waals surface area contributed by atoms with E-state index in [1.54, 1.807) is 24.4 Å². The molecule has 0 aliphatic rings. The second kappa shape index (κ2) is 6.33. The Kier molecular flexibility index (Phi) is 4.52. The first-order valence-corrected chi connectivity index (χ1v) is 6.92. The van der Waals surface area contributed by atoms with Gasteiger partial charge >= 0.3 is 0 Å². The molecule has 0 atom stereocenters. The van der Waals surface area contributed by atoms with Gasteiger partial charge in [0.05, 0.1) is 9.82 Å². The third-order valence-electron chi connectivity index (χ3n) is 2.53. The van der Waals surface area contributed by atoms with Gasteiger partial charge in [-0.3, -0.25) is 10.1 Å². The number of hydrogen-bond donors (Lipinski definition) is 1. The van der Waals surface area contributed by atoms with Gasteiger partial charge in [0.1, 0.15) is 5.03 Å². The van der Waals surface area contributed by atoms with Crippen LogP contribution in [0.4, 0.5) is 11.6 Å². The van der Waals surface area contributed by atoms with Crippen LogP contribution < -0.4 is 5.32 Å². The lowest BCUT2D eigenvalue weighted by atomic mass is 10.3. The maximum absolute atomic E-state index is 11.0.